The first-order valence-electron chi connectivity index (χ1n) is 3.55. The van der Waals surface area contributed by atoms with Crippen LogP contribution in [0.5, 0.6) is 0 Å². The van der Waals surface area contributed by atoms with Crippen LogP contribution in [0.1, 0.15) is 27.2 Å². The fourth-order valence-corrected chi connectivity index (χ4v) is 0.692. The maximum Gasteiger partial charge on any atom is 0.294 e. The van der Waals surface area contributed by atoms with Crippen LogP contribution in [-0.2, 0) is 9.53 Å². The lowest BCUT2D eigenvalue weighted by molar-refractivity contribution is -0.135. The van der Waals surface area contributed by atoms with Crippen molar-refractivity contribution in [1.82, 2.24) is 5.32 Å². The van der Waals surface area contributed by atoms with Crippen molar-refractivity contribution in [1.29, 1.82) is 0 Å². The zero-order valence-electron chi connectivity index (χ0n) is 6.76. The van der Waals surface area contributed by atoms with Crippen molar-refractivity contribution in [2.45, 2.75) is 39.5 Å². The van der Waals surface area contributed by atoms with E-state index in [9.17, 15) is 4.79 Å². The predicted octanol–water partition coefficient (Wildman–Crippen LogP) is 0.893. The lowest BCUT2D eigenvalue weighted by Crippen LogP contribution is -2.36. The van der Waals surface area contributed by atoms with Crippen molar-refractivity contribution in [3.63, 3.8) is 0 Å². The minimum Gasteiger partial charge on any atom is -0.449 e. The molecule has 0 rings (SSSR count). The average molecular weight is 145 g/mol. The smallest absolute Gasteiger partial charge is 0.294 e. The van der Waals surface area contributed by atoms with Gasteiger partial charge in [-0.25, -0.2) is 0 Å². The van der Waals surface area contributed by atoms with Gasteiger partial charge in [-0.15, -0.1) is 0 Å². The molecule has 0 spiro atoms. The molecule has 60 valence electrons. The summed E-state index contributed by atoms with van der Waals surface area (Å²) in [6.45, 7) is 6.46. The number of hydrogen-bond acceptors (Lipinski definition) is 3. The Morgan fingerprint density at radius 1 is 1.60 bits per heavy atom. The summed E-state index contributed by atoms with van der Waals surface area (Å²) in [5.74, 6) is 0. The van der Waals surface area contributed by atoms with Crippen LogP contribution < -0.4 is 5.32 Å². The van der Waals surface area contributed by atoms with Crippen molar-refractivity contribution in [3.8, 4) is 0 Å². The van der Waals surface area contributed by atoms with Crippen molar-refractivity contribution in [2.24, 2.45) is 0 Å². The van der Waals surface area contributed by atoms with Crippen LogP contribution in [0.2, 0.25) is 0 Å². The zero-order valence-corrected chi connectivity index (χ0v) is 6.76. The first-order valence-corrected chi connectivity index (χ1v) is 3.55. The Morgan fingerprint density at radius 3 is 2.50 bits per heavy atom. The highest BCUT2D eigenvalue weighted by atomic mass is 16.5. The predicted molar refractivity (Wildman–Crippen MR) is 39.5 cm³/mol. The molecule has 0 radical (unpaired) electrons. The Kier molecular flexibility index (Phi) is 4.94. The van der Waals surface area contributed by atoms with Gasteiger partial charge in [0.2, 0.25) is 0 Å². The molecule has 0 saturated heterocycles. The van der Waals surface area contributed by atoms with Crippen molar-refractivity contribution < 1.29 is 9.53 Å². The van der Waals surface area contributed by atoms with Crippen LogP contribution >= 0.6 is 0 Å². The van der Waals surface area contributed by atoms with E-state index in [2.05, 4.69) is 5.32 Å². The van der Waals surface area contributed by atoms with Gasteiger partial charge < -0.3 is 4.74 Å². The van der Waals surface area contributed by atoms with Crippen molar-refractivity contribution in [2.75, 3.05) is 0 Å². The van der Waals surface area contributed by atoms with Gasteiger partial charge in [-0.1, -0.05) is 6.92 Å². The van der Waals surface area contributed by atoms with E-state index in [0.29, 0.717) is 12.5 Å². The van der Waals surface area contributed by atoms with E-state index < -0.39 is 0 Å². The zero-order chi connectivity index (χ0) is 7.98. The molecule has 0 aliphatic carbocycles. The van der Waals surface area contributed by atoms with Gasteiger partial charge in [-0.2, -0.15) is 0 Å². The van der Waals surface area contributed by atoms with Gasteiger partial charge in [0.15, 0.2) is 6.23 Å². The molecule has 0 aliphatic rings. The molecule has 0 bridgehead atoms. The molecule has 1 atom stereocenters. The van der Waals surface area contributed by atoms with Crippen LogP contribution in [-0.4, -0.2) is 18.7 Å². The quantitative estimate of drug-likeness (QED) is 0.461. The van der Waals surface area contributed by atoms with Gasteiger partial charge in [0.05, 0.1) is 0 Å². The van der Waals surface area contributed by atoms with Crippen LogP contribution in [0.15, 0.2) is 0 Å². The minimum atomic E-state index is -0.127. The Hall–Kier alpha value is -0.570. The molecule has 0 heterocycles. The van der Waals surface area contributed by atoms with E-state index in [0.717, 1.165) is 6.42 Å². The molecule has 0 aromatic rings. The van der Waals surface area contributed by atoms with Gasteiger partial charge in [0.1, 0.15) is 0 Å². The summed E-state index contributed by atoms with van der Waals surface area (Å²) in [7, 11) is 0. The normalized spacial score (nSPS) is 13.2. The third-order valence-corrected chi connectivity index (χ3v) is 1.11. The highest BCUT2D eigenvalue weighted by Gasteiger charge is 2.05. The summed E-state index contributed by atoms with van der Waals surface area (Å²) in [6.07, 6.45) is 0.675. The topological polar surface area (TPSA) is 38.3 Å². The third-order valence-electron chi connectivity index (χ3n) is 1.11. The number of rotatable bonds is 5. The van der Waals surface area contributed by atoms with Crippen molar-refractivity contribution in [3.05, 3.63) is 0 Å². The second kappa shape index (κ2) is 5.23. The molecular weight excluding hydrogens is 130 g/mol. The Bertz CT molecular complexity index is 93.6. The van der Waals surface area contributed by atoms with Crippen LogP contribution in [0, 0.1) is 0 Å². The molecule has 1 unspecified atom stereocenters. The summed E-state index contributed by atoms with van der Waals surface area (Å²) in [5, 5.41) is 3.08. The summed E-state index contributed by atoms with van der Waals surface area (Å²) >= 11 is 0. The van der Waals surface area contributed by atoms with E-state index in [1.54, 1.807) is 0 Å². The molecule has 0 fully saturated rings. The monoisotopic (exact) mass is 145 g/mol. The Labute approximate surface area is 61.8 Å². The van der Waals surface area contributed by atoms with E-state index in [1.165, 1.54) is 0 Å². The fourth-order valence-electron chi connectivity index (χ4n) is 0.692. The third kappa shape index (κ3) is 4.32. The molecule has 3 nitrogen and oxygen atoms in total. The van der Waals surface area contributed by atoms with Crippen LogP contribution in [0.25, 0.3) is 0 Å². The fraction of sp³-hybridized carbons (Fsp3) is 0.857. The molecule has 1 N–H and O–H groups in total. The second-order valence-corrected chi connectivity index (χ2v) is 2.45. The standard InChI is InChI=1S/C7H15NO2/c1-4-7(10-5-9)8-6(2)3/h5-8H,4H2,1-3H3. The molecule has 0 saturated carbocycles. The van der Waals surface area contributed by atoms with Crippen LogP contribution in [0.3, 0.4) is 0 Å². The highest BCUT2D eigenvalue weighted by molar-refractivity contribution is 5.37. The second-order valence-electron chi connectivity index (χ2n) is 2.45. The number of ether oxygens (including phenoxy) is 1. The van der Waals surface area contributed by atoms with Gasteiger partial charge in [-0.05, 0) is 20.3 Å². The molecular formula is C7H15NO2. The first-order chi connectivity index (χ1) is 4.70. The first kappa shape index (κ1) is 9.43. The Morgan fingerprint density at radius 2 is 2.20 bits per heavy atom. The summed E-state index contributed by atoms with van der Waals surface area (Å²) in [4.78, 5) is 9.89. The maximum atomic E-state index is 9.89. The molecule has 0 aromatic carbocycles. The molecule has 0 aromatic heterocycles. The van der Waals surface area contributed by atoms with E-state index in [-0.39, 0.29) is 6.23 Å². The number of nitrogens with one attached hydrogen (secondary N) is 1. The van der Waals surface area contributed by atoms with Crippen LogP contribution in [0.4, 0.5) is 0 Å². The van der Waals surface area contributed by atoms with Gasteiger partial charge >= 0.3 is 0 Å². The maximum absolute atomic E-state index is 9.89. The Balaban J connectivity index is 3.48. The largest absolute Gasteiger partial charge is 0.449 e. The van der Waals surface area contributed by atoms with Gasteiger partial charge in [-0.3, -0.25) is 10.1 Å². The summed E-state index contributed by atoms with van der Waals surface area (Å²) < 4.78 is 4.71. The molecule has 0 amide bonds. The summed E-state index contributed by atoms with van der Waals surface area (Å²) in [5.41, 5.74) is 0. The summed E-state index contributed by atoms with van der Waals surface area (Å²) in [6, 6.07) is 0.352. The number of carbonyl (C=O) groups is 1. The SMILES string of the molecule is CCC(NC(C)C)OC=O. The van der Waals surface area contributed by atoms with Crippen molar-refractivity contribution >= 4 is 6.47 Å². The number of carbonyl (C=O) groups excluding carboxylic acids is 1. The van der Waals surface area contributed by atoms with E-state index in [1.807, 2.05) is 20.8 Å². The van der Waals surface area contributed by atoms with E-state index >= 15 is 0 Å². The lowest BCUT2D eigenvalue weighted by atomic mass is 10.3. The minimum absolute atomic E-state index is 0.127. The van der Waals surface area contributed by atoms with Gasteiger partial charge in [0.25, 0.3) is 6.47 Å². The molecule has 3 heteroatoms. The highest BCUT2D eigenvalue weighted by Crippen LogP contribution is 1.92. The average Bonchev–Trinajstić information content (AvgIpc) is 1.86. The number of hydrogen-bond donors (Lipinski definition) is 1. The van der Waals surface area contributed by atoms with Gasteiger partial charge in [0, 0.05) is 6.04 Å². The lowest BCUT2D eigenvalue weighted by Gasteiger charge is -2.17. The van der Waals surface area contributed by atoms with E-state index in [4.69, 9.17) is 4.74 Å². The molecule has 0 aliphatic heterocycles. The molecule has 10 heavy (non-hydrogen) atoms.